The van der Waals surface area contributed by atoms with Crippen molar-refractivity contribution in [2.75, 3.05) is 6.54 Å². The molecule has 0 bridgehead atoms. The van der Waals surface area contributed by atoms with Gasteiger partial charge in [-0.2, -0.15) is 5.26 Å². The van der Waals surface area contributed by atoms with Crippen LogP contribution >= 0.6 is 0 Å². The number of aliphatic hydroxyl groups is 1. The van der Waals surface area contributed by atoms with E-state index in [9.17, 15) is 14.7 Å². The highest BCUT2D eigenvalue weighted by Crippen LogP contribution is 2.37. The first-order chi connectivity index (χ1) is 10.4. The predicted molar refractivity (Wildman–Crippen MR) is 80.9 cm³/mol. The van der Waals surface area contributed by atoms with Crippen LogP contribution in [0.1, 0.15) is 43.9 Å². The van der Waals surface area contributed by atoms with Crippen LogP contribution in [0.3, 0.4) is 0 Å². The van der Waals surface area contributed by atoms with Gasteiger partial charge in [0.2, 0.25) is 0 Å². The Balaban J connectivity index is 2.50. The fourth-order valence-electron chi connectivity index (χ4n) is 2.66. The number of rotatable bonds is 4. The second kappa shape index (κ2) is 6.02. The van der Waals surface area contributed by atoms with Crippen molar-refractivity contribution < 1.29 is 14.7 Å². The van der Waals surface area contributed by atoms with Gasteiger partial charge in [-0.05, 0) is 24.0 Å². The highest BCUT2D eigenvalue weighted by molar-refractivity contribution is 6.08. The number of hydrogen-bond donors (Lipinski definition) is 1. The van der Waals surface area contributed by atoms with Gasteiger partial charge in [-0.25, -0.2) is 0 Å². The predicted octanol–water partition coefficient (Wildman–Crippen LogP) is 2.62. The third-order valence-electron chi connectivity index (χ3n) is 3.84. The van der Waals surface area contributed by atoms with Gasteiger partial charge in [0.1, 0.15) is 6.54 Å². The van der Waals surface area contributed by atoms with Gasteiger partial charge in [-0.15, -0.1) is 0 Å². The summed E-state index contributed by atoms with van der Waals surface area (Å²) in [4.78, 5) is 25.1. The summed E-state index contributed by atoms with van der Waals surface area (Å²) in [5, 5.41) is 18.9. The maximum Gasteiger partial charge on any atom is 0.290 e. The molecule has 0 aliphatic carbocycles. The molecule has 1 amide bonds. The van der Waals surface area contributed by atoms with Crippen LogP contribution in [-0.4, -0.2) is 28.2 Å². The second-order valence-corrected chi connectivity index (χ2v) is 5.63. The molecule has 0 fully saturated rings. The first kappa shape index (κ1) is 15.8. The number of aliphatic hydroxyl groups excluding tert-OH is 1. The Morgan fingerprint density at radius 2 is 1.95 bits per heavy atom. The van der Waals surface area contributed by atoms with E-state index in [0.29, 0.717) is 11.5 Å². The molecule has 5 heteroatoms. The van der Waals surface area contributed by atoms with E-state index >= 15 is 0 Å². The molecule has 0 aromatic heterocycles. The van der Waals surface area contributed by atoms with E-state index in [2.05, 4.69) is 13.8 Å². The number of benzene rings is 1. The molecule has 1 aliphatic heterocycles. The third kappa shape index (κ3) is 2.60. The van der Waals surface area contributed by atoms with E-state index in [1.807, 2.05) is 30.3 Å². The second-order valence-electron chi connectivity index (χ2n) is 5.63. The normalized spacial score (nSPS) is 18.0. The van der Waals surface area contributed by atoms with Crippen LogP contribution < -0.4 is 0 Å². The number of carbonyl (C=O) groups is 2. The Hall–Kier alpha value is -2.61. The molecule has 5 nitrogen and oxygen atoms in total. The zero-order valence-electron chi connectivity index (χ0n) is 12.8. The quantitative estimate of drug-likeness (QED) is 0.866. The van der Waals surface area contributed by atoms with Gasteiger partial charge in [0.15, 0.2) is 11.5 Å². The Kier molecular flexibility index (Phi) is 4.32. The van der Waals surface area contributed by atoms with Crippen molar-refractivity contribution >= 4 is 11.7 Å². The molecule has 1 atom stereocenters. The highest BCUT2D eigenvalue weighted by Gasteiger charge is 2.42. The molecule has 1 N–H and O–H groups in total. The lowest BCUT2D eigenvalue weighted by Gasteiger charge is -2.24. The van der Waals surface area contributed by atoms with Gasteiger partial charge in [0, 0.05) is 0 Å². The molecule has 0 spiro atoms. The zero-order chi connectivity index (χ0) is 16.4. The van der Waals surface area contributed by atoms with Crippen molar-refractivity contribution in [2.24, 2.45) is 0 Å². The minimum Gasteiger partial charge on any atom is -0.503 e. The van der Waals surface area contributed by atoms with Gasteiger partial charge in [-0.3, -0.25) is 9.59 Å². The van der Waals surface area contributed by atoms with Gasteiger partial charge in [0.25, 0.3) is 5.91 Å². The molecule has 0 radical (unpaired) electrons. The summed E-state index contributed by atoms with van der Waals surface area (Å²) < 4.78 is 0. The largest absolute Gasteiger partial charge is 0.503 e. The molecule has 22 heavy (non-hydrogen) atoms. The molecule has 1 aromatic rings. The summed E-state index contributed by atoms with van der Waals surface area (Å²) in [6.07, 6.45) is 0. The van der Waals surface area contributed by atoms with Gasteiger partial charge >= 0.3 is 0 Å². The molecular formula is C17H18N2O3. The fourth-order valence-corrected chi connectivity index (χ4v) is 2.66. The average Bonchev–Trinajstić information content (AvgIpc) is 2.72. The molecule has 1 heterocycles. The maximum absolute atomic E-state index is 12.1. The topological polar surface area (TPSA) is 81.4 Å². The molecule has 2 rings (SSSR count). The molecule has 1 aromatic carbocycles. The van der Waals surface area contributed by atoms with Crippen LogP contribution in [0.5, 0.6) is 0 Å². The van der Waals surface area contributed by atoms with Crippen molar-refractivity contribution in [2.45, 2.75) is 32.7 Å². The summed E-state index contributed by atoms with van der Waals surface area (Å²) >= 11 is 0. The minimum atomic E-state index is -0.703. The number of amides is 1. The minimum absolute atomic E-state index is 0.0533. The SMILES string of the molecule is CC(=O)C1=C(O)C(=O)N(CC#N)[C@@H]1c1ccc(C(C)C)cc1. The molecule has 114 valence electrons. The summed E-state index contributed by atoms with van der Waals surface area (Å²) in [6.45, 7) is 5.27. The number of hydrogen-bond acceptors (Lipinski definition) is 4. The number of Topliss-reactive ketones (excluding diaryl/α,β-unsaturated/α-hetero) is 1. The number of ketones is 1. The lowest BCUT2D eigenvalue weighted by Crippen LogP contribution is -2.31. The van der Waals surface area contributed by atoms with Crippen LogP contribution in [0.15, 0.2) is 35.6 Å². The first-order valence-electron chi connectivity index (χ1n) is 7.10. The monoisotopic (exact) mass is 298 g/mol. The van der Waals surface area contributed by atoms with Crippen LogP contribution in [-0.2, 0) is 9.59 Å². The Morgan fingerprint density at radius 3 is 2.41 bits per heavy atom. The van der Waals surface area contributed by atoms with Crippen LogP contribution in [0.2, 0.25) is 0 Å². The molecular weight excluding hydrogens is 280 g/mol. The Morgan fingerprint density at radius 1 is 1.36 bits per heavy atom. The lowest BCUT2D eigenvalue weighted by atomic mass is 9.94. The van der Waals surface area contributed by atoms with Gasteiger partial charge in [-0.1, -0.05) is 38.1 Å². The van der Waals surface area contributed by atoms with Gasteiger partial charge in [0.05, 0.1) is 17.7 Å². The van der Waals surface area contributed by atoms with E-state index < -0.39 is 17.7 Å². The number of nitriles is 1. The van der Waals surface area contributed by atoms with E-state index in [4.69, 9.17) is 5.26 Å². The smallest absolute Gasteiger partial charge is 0.290 e. The van der Waals surface area contributed by atoms with E-state index in [0.717, 1.165) is 5.56 Å². The summed E-state index contributed by atoms with van der Waals surface area (Å²) in [7, 11) is 0. The van der Waals surface area contributed by atoms with Crippen molar-refractivity contribution in [1.29, 1.82) is 5.26 Å². The van der Waals surface area contributed by atoms with Crippen molar-refractivity contribution in [3.63, 3.8) is 0 Å². The van der Waals surface area contributed by atoms with Crippen LogP contribution in [0.25, 0.3) is 0 Å². The standard InChI is InChI=1S/C17H18N2O3/c1-10(2)12-4-6-13(7-5-12)15-14(11(3)20)16(21)17(22)19(15)9-8-18/h4-7,10,15,21H,9H2,1-3H3/t15-/m1/s1. The van der Waals surface area contributed by atoms with Crippen molar-refractivity contribution in [3.8, 4) is 6.07 Å². The summed E-state index contributed by atoms with van der Waals surface area (Å²) in [6, 6.07) is 8.73. The fraction of sp³-hybridized carbons (Fsp3) is 0.353. The number of nitrogens with zero attached hydrogens (tertiary/aromatic N) is 2. The lowest BCUT2D eigenvalue weighted by molar-refractivity contribution is -0.128. The summed E-state index contributed by atoms with van der Waals surface area (Å²) in [5.74, 6) is -1.24. The van der Waals surface area contributed by atoms with Crippen molar-refractivity contribution in [3.05, 3.63) is 46.7 Å². The molecule has 1 aliphatic rings. The van der Waals surface area contributed by atoms with E-state index in [1.165, 1.54) is 11.8 Å². The summed E-state index contributed by atoms with van der Waals surface area (Å²) in [5.41, 5.74) is 1.90. The maximum atomic E-state index is 12.1. The number of carbonyl (C=O) groups excluding carboxylic acids is 2. The zero-order valence-corrected chi connectivity index (χ0v) is 12.8. The highest BCUT2D eigenvalue weighted by atomic mass is 16.3. The van der Waals surface area contributed by atoms with Gasteiger partial charge < -0.3 is 10.0 Å². The Labute approximate surface area is 129 Å². The van der Waals surface area contributed by atoms with E-state index in [-0.39, 0.29) is 17.9 Å². The van der Waals surface area contributed by atoms with Crippen LogP contribution in [0, 0.1) is 11.3 Å². The third-order valence-corrected chi connectivity index (χ3v) is 3.84. The van der Waals surface area contributed by atoms with Crippen molar-refractivity contribution in [1.82, 2.24) is 4.90 Å². The average molecular weight is 298 g/mol. The molecule has 0 saturated heterocycles. The van der Waals surface area contributed by atoms with Crippen LogP contribution in [0.4, 0.5) is 0 Å². The molecule has 0 unspecified atom stereocenters. The van der Waals surface area contributed by atoms with E-state index in [1.54, 1.807) is 0 Å². The molecule has 0 saturated carbocycles. The Bertz CT molecular complexity index is 681. The first-order valence-corrected chi connectivity index (χ1v) is 7.10.